The highest BCUT2D eigenvalue weighted by Gasteiger charge is 2.19. The Kier molecular flexibility index (Phi) is 7.75. The molecule has 3 heterocycles. The summed E-state index contributed by atoms with van der Waals surface area (Å²) >= 11 is 0. The Balaban J connectivity index is 1.51. The maximum atomic E-state index is 4.79. The van der Waals surface area contributed by atoms with E-state index in [1.807, 2.05) is 6.20 Å². The van der Waals surface area contributed by atoms with Gasteiger partial charge in [0.15, 0.2) is 5.96 Å². The molecule has 0 bridgehead atoms. The van der Waals surface area contributed by atoms with Crippen LogP contribution in [-0.4, -0.2) is 61.2 Å². The molecule has 150 valence electrons. The predicted octanol–water partition coefficient (Wildman–Crippen LogP) is 2.61. The van der Waals surface area contributed by atoms with Crippen LogP contribution < -0.4 is 15.5 Å². The van der Waals surface area contributed by atoms with Gasteiger partial charge in [-0.05, 0) is 57.2 Å². The average molecular weight is 373 g/mol. The van der Waals surface area contributed by atoms with Crippen LogP contribution in [0.4, 0.5) is 5.82 Å². The van der Waals surface area contributed by atoms with Crippen LogP contribution in [-0.2, 0) is 6.54 Å². The molecule has 6 nitrogen and oxygen atoms in total. The van der Waals surface area contributed by atoms with Crippen LogP contribution >= 0.6 is 0 Å². The number of hydrogen-bond donors (Lipinski definition) is 2. The van der Waals surface area contributed by atoms with Crippen molar-refractivity contribution in [2.75, 3.05) is 44.2 Å². The fourth-order valence-electron chi connectivity index (χ4n) is 3.94. The topological polar surface area (TPSA) is 55.8 Å². The SMILES string of the molecule is CCCN1CCC(NC(=NCc2ccc(N3CCCC3)nc2)NCC)CC1. The molecule has 0 aromatic carbocycles. The molecule has 0 atom stereocenters. The fraction of sp³-hybridized carbons (Fsp3) is 0.714. The second kappa shape index (κ2) is 10.5. The lowest BCUT2D eigenvalue weighted by molar-refractivity contribution is 0.206. The molecule has 0 radical (unpaired) electrons. The Labute approximate surface area is 164 Å². The van der Waals surface area contributed by atoms with Crippen LogP contribution in [0.25, 0.3) is 0 Å². The van der Waals surface area contributed by atoms with E-state index in [1.54, 1.807) is 0 Å². The van der Waals surface area contributed by atoms with E-state index in [1.165, 1.54) is 51.7 Å². The van der Waals surface area contributed by atoms with Crippen molar-refractivity contribution in [3.8, 4) is 0 Å². The quantitative estimate of drug-likeness (QED) is 0.569. The number of nitrogens with one attached hydrogen (secondary N) is 2. The first kappa shape index (κ1) is 19.9. The third kappa shape index (κ3) is 6.09. The van der Waals surface area contributed by atoms with Gasteiger partial charge in [0.05, 0.1) is 6.54 Å². The highest BCUT2D eigenvalue weighted by molar-refractivity contribution is 5.80. The van der Waals surface area contributed by atoms with E-state index in [0.29, 0.717) is 12.6 Å². The summed E-state index contributed by atoms with van der Waals surface area (Å²) in [4.78, 5) is 14.4. The maximum Gasteiger partial charge on any atom is 0.191 e. The van der Waals surface area contributed by atoms with Crippen molar-refractivity contribution in [1.82, 2.24) is 20.5 Å². The smallest absolute Gasteiger partial charge is 0.191 e. The highest BCUT2D eigenvalue weighted by atomic mass is 15.2. The van der Waals surface area contributed by atoms with Gasteiger partial charge in [0.2, 0.25) is 0 Å². The number of hydrogen-bond acceptors (Lipinski definition) is 4. The number of pyridine rings is 1. The first-order valence-electron chi connectivity index (χ1n) is 10.8. The monoisotopic (exact) mass is 372 g/mol. The number of rotatable bonds is 7. The summed E-state index contributed by atoms with van der Waals surface area (Å²) in [7, 11) is 0. The third-order valence-electron chi connectivity index (χ3n) is 5.47. The minimum Gasteiger partial charge on any atom is -0.357 e. The van der Waals surface area contributed by atoms with Gasteiger partial charge >= 0.3 is 0 Å². The van der Waals surface area contributed by atoms with Gasteiger partial charge in [-0.2, -0.15) is 0 Å². The summed E-state index contributed by atoms with van der Waals surface area (Å²) in [6.07, 6.45) is 8.16. The lowest BCUT2D eigenvalue weighted by atomic mass is 10.1. The lowest BCUT2D eigenvalue weighted by Crippen LogP contribution is -2.48. The molecule has 0 spiro atoms. The summed E-state index contributed by atoms with van der Waals surface area (Å²) < 4.78 is 0. The molecule has 0 unspecified atom stereocenters. The Hall–Kier alpha value is -1.82. The molecule has 0 amide bonds. The predicted molar refractivity (Wildman–Crippen MR) is 113 cm³/mol. The molecular formula is C21H36N6. The molecule has 2 fully saturated rings. The van der Waals surface area contributed by atoms with Crippen molar-refractivity contribution in [2.24, 2.45) is 4.99 Å². The van der Waals surface area contributed by atoms with Crippen LogP contribution in [0.15, 0.2) is 23.3 Å². The standard InChI is InChI=1S/C21H36N6/c1-3-11-26-14-9-19(10-15-26)25-21(22-4-2)24-17-18-7-8-20(23-16-18)27-12-5-6-13-27/h7-8,16,19H,3-6,9-15,17H2,1-2H3,(H2,22,24,25). The zero-order valence-electron chi connectivity index (χ0n) is 17.1. The molecule has 27 heavy (non-hydrogen) atoms. The first-order chi connectivity index (χ1) is 13.3. The second-order valence-corrected chi connectivity index (χ2v) is 7.67. The van der Waals surface area contributed by atoms with Crippen molar-refractivity contribution < 1.29 is 0 Å². The van der Waals surface area contributed by atoms with Gasteiger partial charge in [0.25, 0.3) is 0 Å². The molecule has 0 saturated carbocycles. The van der Waals surface area contributed by atoms with Gasteiger partial charge < -0.3 is 20.4 Å². The summed E-state index contributed by atoms with van der Waals surface area (Å²) in [6, 6.07) is 4.82. The zero-order chi connectivity index (χ0) is 18.9. The number of nitrogens with zero attached hydrogens (tertiary/aromatic N) is 4. The van der Waals surface area contributed by atoms with E-state index in [0.717, 1.165) is 37.0 Å². The lowest BCUT2D eigenvalue weighted by Gasteiger charge is -2.32. The van der Waals surface area contributed by atoms with E-state index < -0.39 is 0 Å². The molecule has 2 aliphatic heterocycles. The Bertz CT molecular complexity index is 571. The molecule has 1 aromatic heterocycles. The van der Waals surface area contributed by atoms with Gasteiger partial charge in [0, 0.05) is 45.0 Å². The van der Waals surface area contributed by atoms with E-state index in [9.17, 15) is 0 Å². The Morgan fingerprint density at radius 2 is 1.93 bits per heavy atom. The molecule has 1 aromatic rings. The zero-order valence-corrected chi connectivity index (χ0v) is 17.1. The molecule has 0 aliphatic carbocycles. The van der Waals surface area contributed by atoms with E-state index in [-0.39, 0.29) is 0 Å². The van der Waals surface area contributed by atoms with Crippen LogP contribution in [0.1, 0.15) is 51.5 Å². The van der Waals surface area contributed by atoms with Gasteiger partial charge in [-0.25, -0.2) is 9.98 Å². The number of likely N-dealkylation sites (tertiary alicyclic amines) is 1. The average Bonchev–Trinajstić information content (AvgIpc) is 3.23. The summed E-state index contributed by atoms with van der Waals surface area (Å²) in [5, 5.41) is 7.02. The Morgan fingerprint density at radius 1 is 1.15 bits per heavy atom. The minimum atomic E-state index is 0.520. The van der Waals surface area contributed by atoms with Gasteiger partial charge in [-0.3, -0.25) is 0 Å². The van der Waals surface area contributed by atoms with Crippen molar-refractivity contribution in [2.45, 2.75) is 58.5 Å². The summed E-state index contributed by atoms with van der Waals surface area (Å²) in [6.45, 7) is 11.8. The van der Waals surface area contributed by atoms with Crippen molar-refractivity contribution in [3.05, 3.63) is 23.9 Å². The van der Waals surface area contributed by atoms with Crippen LogP contribution in [0, 0.1) is 0 Å². The number of aromatic nitrogens is 1. The fourth-order valence-corrected chi connectivity index (χ4v) is 3.94. The van der Waals surface area contributed by atoms with Gasteiger partial charge in [-0.1, -0.05) is 13.0 Å². The molecule has 2 aliphatic rings. The van der Waals surface area contributed by atoms with Gasteiger partial charge in [-0.15, -0.1) is 0 Å². The van der Waals surface area contributed by atoms with Crippen LogP contribution in [0.5, 0.6) is 0 Å². The minimum absolute atomic E-state index is 0.520. The molecule has 3 rings (SSSR count). The van der Waals surface area contributed by atoms with E-state index in [2.05, 4.69) is 51.4 Å². The van der Waals surface area contributed by atoms with E-state index in [4.69, 9.17) is 4.99 Å². The van der Waals surface area contributed by atoms with Crippen LogP contribution in [0.3, 0.4) is 0 Å². The summed E-state index contributed by atoms with van der Waals surface area (Å²) in [5.74, 6) is 2.03. The van der Waals surface area contributed by atoms with Crippen molar-refractivity contribution in [3.63, 3.8) is 0 Å². The number of aliphatic imine (C=N–C) groups is 1. The first-order valence-corrected chi connectivity index (χ1v) is 10.8. The molecule has 2 saturated heterocycles. The molecular weight excluding hydrogens is 336 g/mol. The Morgan fingerprint density at radius 3 is 2.56 bits per heavy atom. The number of guanidine groups is 1. The maximum absolute atomic E-state index is 4.79. The molecule has 6 heteroatoms. The van der Waals surface area contributed by atoms with Crippen LogP contribution in [0.2, 0.25) is 0 Å². The summed E-state index contributed by atoms with van der Waals surface area (Å²) in [5.41, 5.74) is 1.16. The second-order valence-electron chi connectivity index (χ2n) is 7.67. The van der Waals surface area contributed by atoms with E-state index >= 15 is 0 Å². The highest BCUT2D eigenvalue weighted by Crippen LogP contribution is 2.17. The van der Waals surface area contributed by atoms with Crippen molar-refractivity contribution >= 4 is 11.8 Å². The number of anilines is 1. The third-order valence-corrected chi connectivity index (χ3v) is 5.47. The normalized spacial score (nSPS) is 19.5. The molecule has 2 N–H and O–H groups in total. The van der Waals surface area contributed by atoms with Gasteiger partial charge in [0.1, 0.15) is 5.82 Å². The number of piperidine rings is 1. The van der Waals surface area contributed by atoms with Crippen molar-refractivity contribution in [1.29, 1.82) is 0 Å². The largest absolute Gasteiger partial charge is 0.357 e.